The van der Waals surface area contributed by atoms with E-state index in [1.54, 1.807) is 21.9 Å². The molecule has 1 amide bonds. The smallest absolute Gasteiger partial charge is 0.277 e. The van der Waals surface area contributed by atoms with E-state index >= 15 is 0 Å². The predicted octanol–water partition coefficient (Wildman–Crippen LogP) is 2.85. The molecule has 1 atom stereocenters. The first-order valence-electron chi connectivity index (χ1n) is 8.35. The van der Waals surface area contributed by atoms with Crippen LogP contribution in [0.15, 0.2) is 57.9 Å². The second kappa shape index (κ2) is 6.57. The second-order valence-corrected chi connectivity index (χ2v) is 7.31. The molecule has 1 fully saturated rings. The highest BCUT2D eigenvalue weighted by atomic mass is 32.2. The maximum atomic E-state index is 13.2. The molecule has 6 nitrogen and oxygen atoms in total. The van der Waals surface area contributed by atoms with Crippen molar-refractivity contribution in [2.75, 3.05) is 5.75 Å². The lowest BCUT2D eigenvalue weighted by Crippen LogP contribution is -2.30. The number of hydrogen-bond acceptors (Lipinski definition) is 4. The molecular formula is C19H19N3O3S. The van der Waals surface area contributed by atoms with Gasteiger partial charge in [-0.15, -0.1) is 11.8 Å². The Morgan fingerprint density at radius 2 is 1.92 bits per heavy atom. The van der Waals surface area contributed by atoms with E-state index in [0.717, 1.165) is 11.4 Å². The summed E-state index contributed by atoms with van der Waals surface area (Å²) >= 11 is 1.49. The monoisotopic (exact) mass is 369 g/mol. The number of aromatic nitrogens is 2. The van der Waals surface area contributed by atoms with Crippen LogP contribution >= 0.6 is 11.8 Å². The van der Waals surface area contributed by atoms with Gasteiger partial charge < -0.3 is 9.32 Å². The molecule has 0 spiro atoms. The molecule has 1 aliphatic heterocycles. The Bertz CT molecular complexity index is 989. The van der Waals surface area contributed by atoms with Crippen LogP contribution in [0.4, 0.5) is 0 Å². The van der Waals surface area contributed by atoms with Crippen LogP contribution in [0.2, 0.25) is 0 Å². The number of benzene rings is 1. The largest absolute Gasteiger partial charge is 0.467 e. The van der Waals surface area contributed by atoms with Crippen LogP contribution in [0.5, 0.6) is 0 Å². The molecule has 1 aliphatic rings. The van der Waals surface area contributed by atoms with Gasteiger partial charge in [-0.3, -0.25) is 14.3 Å². The Balaban J connectivity index is 1.78. The van der Waals surface area contributed by atoms with Gasteiger partial charge in [0, 0.05) is 12.7 Å². The fraction of sp³-hybridized carbons (Fsp3) is 0.263. The summed E-state index contributed by atoms with van der Waals surface area (Å²) in [4.78, 5) is 27.4. The highest BCUT2D eigenvalue weighted by molar-refractivity contribution is 8.00. The first-order valence-corrected chi connectivity index (χ1v) is 9.40. The summed E-state index contributed by atoms with van der Waals surface area (Å²) < 4.78 is 8.90. The van der Waals surface area contributed by atoms with Crippen LogP contribution < -0.4 is 5.56 Å². The topological polar surface area (TPSA) is 60.4 Å². The van der Waals surface area contributed by atoms with Gasteiger partial charge in [0.25, 0.3) is 5.56 Å². The normalized spacial score (nSPS) is 17.2. The number of carbonyl (C=O) groups excluding carboxylic acids is 1. The van der Waals surface area contributed by atoms with E-state index in [1.807, 2.05) is 55.1 Å². The summed E-state index contributed by atoms with van der Waals surface area (Å²) in [6, 6.07) is 13.2. The summed E-state index contributed by atoms with van der Waals surface area (Å²) in [6.45, 7) is 2.28. The van der Waals surface area contributed by atoms with Gasteiger partial charge in [-0.05, 0) is 31.2 Å². The molecule has 26 heavy (non-hydrogen) atoms. The fourth-order valence-corrected chi connectivity index (χ4v) is 4.58. The third-order valence-electron chi connectivity index (χ3n) is 4.72. The molecule has 0 radical (unpaired) electrons. The lowest BCUT2D eigenvalue weighted by molar-refractivity contribution is -0.128. The number of carbonyl (C=O) groups is 1. The molecule has 0 saturated carbocycles. The van der Waals surface area contributed by atoms with Crippen LogP contribution in [-0.4, -0.2) is 25.9 Å². The number of furan rings is 1. The highest BCUT2D eigenvalue weighted by Crippen LogP contribution is 2.39. The van der Waals surface area contributed by atoms with Crippen molar-refractivity contribution < 1.29 is 9.21 Å². The van der Waals surface area contributed by atoms with E-state index < -0.39 is 0 Å². The molecule has 1 saturated heterocycles. The average molecular weight is 369 g/mol. The predicted molar refractivity (Wildman–Crippen MR) is 100 cm³/mol. The van der Waals surface area contributed by atoms with Crippen LogP contribution in [0, 0.1) is 6.92 Å². The van der Waals surface area contributed by atoms with Gasteiger partial charge in [0.1, 0.15) is 11.1 Å². The summed E-state index contributed by atoms with van der Waals surface area (Å²) in [6.07, 6.45) is 1.59. The highest BCUT2D eigenvalue weighted by Gasteiger charge is 2.37. The minimum atomic E-state index is -0.309. The van der Waals surface area contributed by atoms with Crippen molar-refractivity contribution in [2.24, 2.45) is 7.05 Å². The lowest BCUT2D eigenvalue weighted by atomic mass is 10.2. The molecule has 0 bridgehead atoms. The van der Waals surface area contributed by atoms with Crippen molar-refractivity contribution >= 4 is 17.7 Å². The second-order valence-electron chi connectivity index (χ2n) is 6.24. The number of nitrogens with zero attached hydrogens (tertiary/aromatic N) is 3. The summed E-state index contributed by atoms with van der Waals surface area (Å²) in [5.41, 5.74) is 2.23. The molecule has 3 aromatic rings. The minimum absolute atomic E-state index is 0.0188. The van der Waals surface area contributed by atoms with E-state index in [9.17, 15) is 9.59 Å². The maximum absolute atomic E-state index is 13.2. The van der Waals surface area contributed by atoms with E-state index in [1.165, 1.54) is 11.8 Å². The Morgan fingerprint density at radius 3 is 2.62 bits per heavy atom. The van der Waals surface area contributed by atoms with Crippen molar-refractivity contribution in [3.8, 4) is 5.69 Å². The van der Waals surface area contributed by atoms with Gasteiger partial charge in [0.05, 0.1) is 29.8 Å². The maximum Gasteiger partial charge on any atom is 0.277 e. The third-order valence-corrected chi connectivity index (χ3v) is 5.94. The van der Waals surface area contributed by atoms with Crippen LogP contribution in [0.1, 0.15) is 22.4 Å². The van der Waals surface area contributed by atoms with Gasteiger partial charge in [-0.25, -0.2) is 4.68 Å². The van der Waals surface area contributed by atoms with E-state index in [0.29, 0.717) is 23.6 Å². The lowest BCUT2D eigenvalue weighted by Gasteiger charge is -2.22. The third kappa shape index (κ3) is 2.68. The number of hydrogen-bond donors (Lipinski definition) is 0. The Hall–Kier alpha value is -2.67. The summed E-state index contributed by atoms with van der Waals surface area (Å²) in [7, 11) is 1.87. The Labute approximate surface area is 155 Å². The van der Waals surface area contributed by atoms with E-state index in [-0.39, 0.29) is 16.8 Å². The van der Waals surface area contributed by atoms with Gasteiger partial charge in [0.2, 0.25) is 5.91 Å². The average Bonchev–Trinajstić information content (AvgIpc) is 3.32. The summed E-state index contributed by atoms with van der Waals surface area (Å²) in [5.74, 6) is 1.10. The number of thioether (sulfide) groups is 1. The molecule has 134 valence electrons. The van der Waals surface area contributed by atoms with Crippen molar-refractivity contribution in [1.82, 2.24) is 14.3 Å². The molecule has 3 heterocycles. The van der Waals surface area contributed by atoms with Gasteiger partial charge in [-0.2, -0.15) is 0 Å². The zero-order chi connectivity index (χ0) is 18.3. The van der Waals surface area contributed by atoms with Crippen LogP contribution in [0.3, 0.4) is 0 Å². The number of rotatable bonds is 4. The molecule has 4 rings (SSSR count). The molecule has 1 aromatic carbocycles. The van der Waals surface area contributed by atoms with Gasteiger partial charge in [-0.1, -0.05) is 18.2 Å². The van der Waals surface area contributed by atoms with Crippen LogP contribution in [0.25, 0.3) is 5.69 Å². The van der Waals surface area contributed by atoms with Crippen LogP contribution in [-0.2, 0) is 18.4 Å². The SMILES string of the molecule is Cc1c(C2SCC(=O)N2Cc2ccco2)c(=O)n(-c2ccccc2)n1C. The van der Waals surface area contributed by atoms with E-state index in [2.05, 4.69) is 0 Å². The van der Waals surface area contributed by atoms with Crippen molar-refractivity contribution in [2.45, 2.75) is 18.8 Å². The molecule has 2 aromatic heterocycles. The Morgan fingerprint density at radius 1 is 1.15 bits per heavy atom. The van der Waals surface area contributed by atoms with Crippen molar-refractivity contribution in [1.29, 1.82) is 0 Å². The minimum Gasteiger partial charge on any atom is -0.467 e. The van der Waals surface area contributed by atoms with Gasteiger partial charge >= 0.3 is 0 Å². The van der Waals surface area contributed by atoms with E-state index in [4.69, 9.17) is 4.42 Å². The molecule has 1 unspecified atom stereocenters. The number of para-hydroxylation sites is 1. The quantitative estimate of drug-likeness (QED) is 0.710. The van der Waals surface area contributed by atoms with Crippen molar-refractivity contribution in [3.05, 3.63) is 76.1 Å². The Kier molecular flexibility index (Phi) is 4.24. The zero-order valence-corrected chi connectivity index (χ0v) is 15.4. The van der Waals surface area contributed by atoms with Gasteiger partial charge in [0.15, 0.2) is 0 Å². The fourth-order valence-electron chi connectivity index (χ4n) is 3.31. The molecular weight excluding hydrogens is 350 g/mol. The first-order chi connectivity index (χ1) is 12.6. The molecule has 7 heteroatoms. The first kappa shape index (κ1) is 16.8. The van der Waals surface area contributed by atoms with Crippen molar-refractivity contribution in [3.63, 3.8) is 0 Å². The zero-order valence-electron chi connectivity index (χ0n) is 14.6. The summed E-state index contributed by atoms with van der Waals surface area (Å²) in [5, 5.41) is -0.309. The molecule has 0 aliphatic carbocycles. The number of amides is 1. The molecule has 0 N–H and O–H groups in total. The standard InChI is InChI=1S/C19H19N3O3S/c1-13-17(18(24)22(20(13)2)14-7-4-3-5-8-14)19-21(16(23)12-26-19)11-15-9-6-10-25-15/h3-10,19H,11-12H2,1-2H3.